The molecule has 2 nitrogen and oxygen atoms in total. The van der Waals surface area contributed by atoms with Crippen LogP contribution in [0.4, 0.5) is 57.1 Å². The number of fused-ring (bicyclic) bond motifs is 1. The summed E-state index contributed by atoms with van der Waals surface area (Å²) >= 11 is 0. The van der Waals surface area contributed by atoms with E-state index in [1.165, 1.54) is 0 Å². The summed E-state index contributed by atoms with van der Waals surface area (Å²) in [7, 11) is 0. The van der Waals surface area contributed by atoms with E-state index in [2.05, 4.69) is 0 Å². The number of rotatable bonds is 4. The molecule has 0 radical (unpaired) electrons. The molecule has 0 bridgehead atoms. The quantitative estimate of drug-likeness (QED) is 0.234. The molecule has 4 rings (SSSR count). The molecule has 0 fully saturated rings. The SMILES string of the molecule is CP1(Cc2ccc(F)cc2)(c2ccccc2C(O)(C(F)(F)F)C(F)(F)F)OC(C(F)(F)F)(C(F)(F)F)c2ccccc21. The van der Waals surface area contributed by atoms with E-state index >= 15 is 0 Å². The van der Waals surface area contributed by atoms with Crippen molar-refractivity contribution in [2.24, 2.45) is 0 Å². The molecule has 42 heavy (non-hydrogen) atoms. The molecule has 3 aromatic carbocycles. The predicted molar refractivity (Wildman–Crippen MR) is 126 cm³/mol. The Morgan fingerprint density at radius 2 is 1.12 bits per heavy atom. The van der Waals surface area contributed by atoms with Gasteiger partial charge in [-0.2, -0.15) is 0 Å². The first-order chi connectivity index (χ1) is 18.9. The van der Waals surface area contributed by atoms with E-state index in [1.807, 2.05) is 0 Å². The fourth-order valence-electron chi connectivity index (χ4n) is 5.49. The van der Waals surface area contributed by atoms with Crippen molar-refractivity contribution in [3.05, 3.63) is 95.3 Å². The number of halogens is 13. The van der Waals surface area contributed by atoms with Crippen molar-refractivity contribution >= 4 is 17.4 Å². The Morgan fingerprint density at radius 3 is 1.60 bits per heavy atom. The summed E-state index contributed by atoms with van der Waals surface area (Å²) in [5, 5.41) is 8.02. The average molecular weight is 640 g/mol. The minimum absolute atomic E-state index is 0.117. The van der Waals surface area contributed by atoms with Gasteiger partial charge in [0.05, 0.1) is 0 Å². The second-order valence-electron chi connectivity index (χ2n) is 9.98. The Morgan fingerprint density at radius 1 is 0.667 bits per heavy atom. The monoisotopic (exact) mass is 640 g/mol. The van der Waals surface area contributed by atoms with Crippen molar-refractivity contribution in [3.63, 3.8) is 0 Å². The number of hydrogen-bond acceptors (Lipinski definition) is 2. The van der Waals surface area contributed by atoms with Gasteiger partial charge in [0, 0.05) is 0 Å². The molecule has 16 heteroatoms. The number of aliphatic hydroxyl groups is 1. The van der Waals surface area contributed by atoms with E-state index in [0.717, 1.165) is 42.5 Å². The third kappa shape index (κ3) is 4.29. The van der Waals surface area contributed by atoms with Crippen molar-refractivity contribution < 1.29 is 66.7 Å². The van der Waals surface area contributed by atoms with E-state index in [9.17, 15) is 62.2 Å². The number of alkyl halides is 12. The molecule has 0 amide bonds. The van der Waals surface area contributed by atoms with Gasteiger partial charge in [0.1, 0.15) is 0 Å². The van der Waals surface area contributed by atoms with Crippen LogP contribution in [0.25, 0.3) is 0 Å². The summed E-state index contributed by atoms with van der Waals surface area (Å²) in [5.41, 5.74) is -14.9. The molecule has 0 atom stereocenters. The molecule has 1 aliphatic rings. The van der Waals surface area contributed by atoms with Crippen LogP contribution in [0.2, 0.25) is 0 Å². The van der Waals surface area contributed by atoms with Gasteiger partial charge < -0.3 is 0 Å². The Hall–Kier alpha value is -2.90. The Labute approximate surface area is 228 Å². The molecule has 1 aliphatic heterocycles. The molecule has 0 unspecified atom stereocenters. The summed E-state index contributed by atoms with van der Waals surface area (Å²) < 4.78 is 191. The van der Waals surface area contributed by atoms with E-state index in [0.29, 0.717) is 30.9 Å². The van der Waals surface area contributed by atoms with Crippen LogP contribution in [0.5, 0.6) is 0 Å². The molecule has 0 saturated carbocycles. The summed E-state index contributed by atoms with van der Waals surface area (Å²) in [6.45, 7) is -5.50. The van der Waals surface area contributed by atoms with Crippen LogP contribution in [0.15, 0.2) is 72.8 Å². The molecular formula is C26H18F13O2P. The summed E-state index contributed by atoms with van der Waals surface area (Å²) in [6, 6.07) is 8.05. The zero-order chi connectivity index (χ0) is 31.8. The van der Waals surface area contributed by atoms with Gasteiger partial charge in [0.25, 0.3) is 0 Å². The fourth-order valence-corrected chi connectivity index (χ4v) is 11.2. The Balaban J connectivity index is 2.27. The van der Waals surface area contributed by atoms with Gasteiger partial charge in [-0.15, -0.1) is 0 Å². The van der Waals surface area contributed by atoms with Gasteiger partial charge in [-0.25, -0.2) is 0 Å². The topological polar surface area (TPSA) is 29.5 Å². The van der Waals surface area contributed by atoms with E-state index in [4.69, 9.17) is 4.52 Å². The third-order valence-corrected chi connectivity index (χ3v) is 12.5. The number of hydrogen-bond donors (Lipinski definition) is 1. The second kappa shape index (κ2) is 9.30. The zero-order valence-electron chi connectivity index (χ0n) is 20.9. The van der Waals surface area contributed by atoms with Gasteiger partial charge in [-0.1, -0.05) is 0 Å². The maximum atomic E-state index is 14.6. The van der Waals surface area contributed by atoms with Crippen LogP contribution >= 0.6 is 6.83 Å². The van der Waals surface area contributed by atoms with Crippen LogP contribution in [-0.2, 0) is 21.9 Å². The van der Waals surface area contributed by atoms with Crippen LogP contribution in [0.1, 0.15) is 16.7 Å². The molecule has 1 N–H and O–H groups in total. The summed E-state index contributed by atoms with van der Waals surface area (Å²) in [6.07, 6.45) is -26.9. The van der Waals surface area contributed by atoms with Crippen LogP contribution < -0.4 is 10.6 Å². The Bertz CT molecular complexity index is 1460. The summed E-state index contributed by atoms with van der Waals surface area (Å²) in [5.74, 6) is -0.907. The van der Waals surface area contributed by atoms with Gasteiger partial charge in [-0.3, -0.25) is 0 Å². The van der Waals surface area contributed by atoms with E-state index < -0.39 is 76.5 Å². The molecule has 230 valence electrons. The van der Waals surface area contributed by atoms with Gasteiger partial charge in [0.15, 0.2) is 0 Å². The Kier molecular flexibility index (Phi) is 7.09. The predicted octanol–water partition coefficient (Wildman–Crippen LogP) is 7.74. The van der Waals surface area contributed by atoms with E-state index in [1.54, 1.807) is 0 Å². The molecular weight excluding hydrogens is 622 g/mol. The first-order valence-corrected chi connectivity index (χ1v) is 14.4. The first kappa shape index (κ1) is 32.0. The van der Waals surface area contributed by atoms with Gasteiger partial charge in [0.2, 0.25) is 0 Å². The van der Waals surface area contributed by atoms with Gasteiger partial charge >= 0.3 is 228 Å². The molecule has 3 aromatic rings. The van der Waals surface area contributed by atoms with Gasteiger partial charge in [-0.05, 0) is 0 Å². The molecule has 0 saturated heterocycles. The van der Waals surface area contributed by atoms with E-state index in [-0.39, 0.29) is 11.6 Å². The third-order valence-electron chi connectivity index (χ3n) is 7.32. The average Bonchev–Trinajstić information content (AvgIpc) is 3.12. The van der Waals surface area contributed by atoms with Crippen molar-refractivity contribution in [3.8, 4) is 0 Å². The fraction of sp³-hybridized carbons (Fsp3) is 0.308. The summed E-state index contributed by atoms with van der Waals surface area (Å²) in [4.78, 5) is 0. The standard InChI is InChI=1S/C26H18F13O2P/c1-42(14-15-10-12-16(27)13-11-15,19-8-4-2-6-17(19)21(40,23(28,29)30)24(31,32)33)20-9-5-3-7-18(20)22(41-42,25(34,35)36)26(37,38)39/h2-13,40H,14H2,1H3. The van der Waals surface area contributed by atoms with Crippen molar-refractivity contribution in [1.82, 2.24) is 0 Å². The maximum absolute atomic E-state index is 14.6. The number of benzene rings is 3. The molecule has 0 aromatic heterocycles. The zero-order valence-corrected chi connectivity index (χ0v) is 21.7. The van der Waals surface area contributed by atoms with Crippen molar-refractivity contribution in [1.29, 1.82) is 0 Å². The van der Waals surface area contributed by atoms with Crippen molar-refractivity contribution in [2.45, 2.75) is 42.1 Å². The molecule has 0 spiro atoms. The molecule has 0 aliphatic carbocycles. The van der Waals surface area contributed by atoms with Crippen LogP contribution in [0, 0.1) is 5.82 Å². The molecule has 1 heterocycles. The van der Waals surface area contributed by atoms with Crippen molar-refractivity contribution in [2.75, 3.05) is 6.66 Å². The second-order valence-corrected chi connectivity index (χ2v) is 14.8. The van der Waals surface area contributed by atoms with Crippen LogP contribution in [-0.4, -0.2) is 36.5 Å². The minimum atomic E-state index is -6.55. The first-order valence-electron chi connectivity index (χ1n) is 11.6. The normalized spacial score (nSPS) is 19.5. The van der Waals surface area contributed by atoms with Crippen LogP contribution in [0.3, 0.4) is 0 Å².